The molecule has 0 fully saturated rings. The van der Waals surface area contributed by atoms with Gasteiger partial charge in [-0.05, 0) is 65.0 Å². The summed E-state index contributed by atoms with van der Waals surface area (Å²) in [6.07, 6.45) is 2.29. The van der Waals surface area contributed by atoms with Crippen LogP contribution in [0, 0.1) is 9.54 Å². The van der Waals surface area contributed by atoms with Crippen LogP contribution in [0.15, 0.2) is 9.59 Å². The predicted molar refractivity (Wildman–Crippen MR) is 141 cm³/mol. The fourth-order valence-electron chi connectivity index (χ4n) is 4.17. The minimum absolute atomic E-state index is 0.0692. The number of hydrogen-bond acceptors (Lipinski definition) is 8. The molecule has 0 atom stereocenters. The molecule has 2 N–H and O–H groups in total. The second-order valence-corrected chi connectivity index (χ2v) is 9.04. The van der Waals surface area contributed by atoms with E-state index >= 15 is 0 Å². The molecule has 12 heteroatoms. The van der Waals surface area contributed by atoms with Gasteiger partial charge in [-0.15, -0.1) is 0 Å². The highest BCUT2D eigenvalue weighted by atomic mass is 32.1. The highest BCUT2D eigenvalue weighted by Crippen LogP contribution is 2.20. The van der Waals surface area contributed by atoms with E-state index in [0.717, 1.165) is 0 Å². The van der Waals surface area contributed by atoms with Gasteiger partial charge < -0.3 is 10.2 Å². The summed E-state index contributed by atoms with van der Waals surface area (Å²) >= 11 is 10.5. The lowest BCUT2D eigenvalue weighted by Gasteiger charge is -2.15. The Morgan fingerprint density at radius 2 is 0.917 bits per heavy atom. The number of nitrogens with zero attached hydrogens (tertiary/aromatic N) is 4. The topological polar surface area (TPSA) is 128 Å². The Morgan fingerprint density at radius 1 is 0.611 bits per heavy atom. The van der Waals surface area contributed by atoms with Crippen LogP contribution in [-0.4, -0.2) is 40.0 Å². The van der Waals surface area contributed by atoms with Crippen molar-refractivity contribution in [2.24, 2.45) is 0 Å². The summed E-state index contributed by atoms with van der Waals surface area (Å²) in [5, 5.41) is 20.9. The van der Waals surface area contributed by atoms with Crippen LogP contribution in [-0.2, 0) is 26.2 Å². The predicted octanol–water partition coefficient (Wildman–Crippen LogP) is 3.97. The Kier molecular flexibility index (Phi) is 10.5. The van der Waals surface area contributed by atoms with Crippen molar-refractivity contribution >= 4 is 36.0 Å². The standard InChI is InChI=1S/C24H34N4O6S2/c1-5-25-19(31)17(20(32)26(6-2)23(25)35)15(29)13-11-9-10-12-14-16(30)18-21(33)27(7-3)24(36)28(8-4)22(18)34/h31,33H,5-14H2,1-4H3. The van der Waals surface area contributed by atoms with Gasteiger partial charge in [-0.2, -0.15) is 0 Å². The van der Waals surface area contributed by atoms with Gasteiger partial charge in [0.05, 0.1) is 0 Å². The number of Topliss-reactive ketones (excluding diaryl/α,β-unsaturated/α-hetero) is 2. The van der Waals surface area contributed by atoms with Gasteiger partial charge >= 0.3 is 0 Å². The zero-order valence-corrected chi connectivity index (χ0v) is 22.8. The maximum Gasteiger partial charge on any atom is 0.269 e. The van der Waals surface area contributed by atoms with Crippen molar-refractivity contribution in [3.8, 4) is 11.8 Å². The fourth-order valence-corrected chi connectivity index (χ4v) is 5.02. The number of carbonyl (C=O) groups excluding carboxylic acids is 2. The first-order chi connectivity index (χ1) is 17.1. The number of rotatable bonds is 13. The van der Waals surface area contributed by atoms with Gasteiger partial charge in [0.15, 0.2) is 21.1 Å². The van der Waals surface area contributed by atoms with Crippen molar-refractivity contribution in [3.63, 3.8) is 0 Å². The molecule has 198 valence electrons. The Bertz CT molecular complexity index is 1280. The monoisotopic (exact) mass is 538 g/mol. The Labute approximate surface area is 219 Å². The highest BCUT2D eigenvalue weighted by Gasteiger charge is 2.23. The number of hydrogen-bond donors (Lipinski definition) is 2. The summed E-state index contributed by atoms with van der Waals surface area (Å²) in [6, 6.07) is 0. The van der Waals surface area contributed by atoms with Crippen LogP contribution in [0.2, 0.25) is 0 Å². The quantitative estimate of drug-likeness (QED) is 0.223. The fraction of sp³-hybridized carbons (Fsp3) is 0.583. The van der Waals surface area contributed by atoms with Crippen LogP contribution in [0.25, 0.3) is 0 Å². The molecule has 0 aliphatic heterocycles. The zero-order valence-electron chi connectivity index (χ0n) is 21.2. The third-order valence-electron chi connectivity index (χ3n) is 6.18. The van der Waals surface area contributed by atoms with Crippen LogP contribution in [0.4, 0.5) is 0 Å². The molecule has 2 aromatic heterocycles. The van der Waals surface area contributed by atoms with Gasteiger partial charge in [-0.1, -0.05) is 12.8 Å². The zero-order chi connectivity index (χ0) is 27.2. The number of aromatic hydroxyl groups is 2. The van der Waals surface area contributed by atoms with Gasteiger partial charge in [0.2, 0.25) is 11.8 Å². The molecule has 2 heterocycles. The van der Waals surface area contributed by atoms with Crippen molar-refractivity contribution in [3.05, 3.63) is 41.4 Å². The van der Waals surface area contributed by atoms with Gasteiger partial charge in [-0.25, -0.2) is 0 Å². The lowest BCUT2D eigenvalue weighted by atomic mass is 10.0. The molecular weight excluding hydrogens is 504 g/mol. The van der Waals surface area contributed by atoms with Crippen LogP contribution in [0.5, 0.6) is 11.8 Å². The molecule has 0 bridgehead atoms. The number of unbranched alkanes of at least 4 members (excludes halogenated alkanes) is 3. The van der Waals surface area contributed by atoms with Gasteiger partial charge in [0.25, 0.3) is 11.1 Å². The van der Waals surface area contributed by atoms with Crippen molar-refractivity contribution in [1.82, 2.24) is 18.3 Å². The van der Waals surface area contributed by atoms with E-state index in [-0.39, 0.29) is 33.5 Å². The molecule has 0 aliphatic rings. The van der Waals surface area contributed by atoms with E-state index < -0.39 is 34.4 Å². The molecule has 2 aromatic rings. The molecule has 0 saturated heterocycles. The van der Waals surface area contributed by atoms with Gasteiger partial charge in [0.1, 0.15) is 11.1 Å². The van der Waals surface area contributed by atoms with Crippen LogP contribution >= 0.6 is 24.4 Å². The van der Waals surface area contributed by atoms with E-state index in [9.17, 15) is 29.4 Å². The maximum atomic E-state index is 12.7. The first kappa shape index (κ1) is 29.4. The highest BCUT2D eigenvalue weighted by molar-refractivity contribution is 7.71. The van der Waals surface area contributed by atoms with E-state index in [2.05, 4.69) is 0 Å². The van der Waals surface area contributed by atoms with E-state index in [1.54, 1.807) is 27.7 Å². The molecule has 10 nitrogen and oxygen atoms in total. The maximum absolute atomic E-state index is 12.7. The summed E-state index contributed by atoms with van der Waals surface area (Å²) in [6.45, 7) is 8.25. The Balaban J connectivity index is 2.01. The van der Waals surface area contributed by atoms with Crippen LogP contribution in [0.1, 0.15) is 86.9 Å². The molecule has 0 amide bonds. The molecule has 0 spiro atoms. The first-order valence-electron chi connectivity index (χ1n) is 12.3. The minimum Gasteiger partial charge on any atom is -0.494 e. The molecule has 2 rings (SSSR count). The summed E-state index contributed by atoms with van der Waals surface area (Å²) < 4.78 is 5.66. The van der Waals surface area contributed by atoms with Crippen molar-refractivity contribution in [1.29, 1.82) is 0 Å². The van der Waals surface area contributed by atoms with Crippen molar-refractivity contribution < 1.29 is 19.8 Å². The van der Waals surface area contributed by atoms with E-state index in [1.807, 2.05) is 0 Å². The summed E-state index contributed by atoms with van der Waals surface area (Å²) in [4.78, 5) is 50.8. The average Bonchev–Trinajstić information content (AvgIpc) is 2.82. The summed E-state index contributed by atoms with van der Waals surface area (Å²) in [7, 11) is 0. The normalized spacial score (nSPS) is 11.1. The number of carbonyl (C=O) groups is 2. The van der Waals surface area contributed by atoms with Gasteiger partial charge in [0, 0.05) is 39.0 Å². The molecule has 0 saturated carbocycles. The molecule has 0 radical (unpaired) electrons. The molecule has 0 aliphatic carbocycles. The van der Waals surface area contributed by atoms with Crippen LogP contribution in [0.3, 0.4) is 0 Å². The molecule has 0 unspecified atom stereocenters. The van der Waals surface area contributed by atoms with E-state index in [4.69, 9.17) is 24.4 Å². The molecule has 36 heavy (non-hydrogen) atoms. The third kappa shape index (κ3) is 5.75. The number of aromatic nitrogens is 4. The Hall–Kier alpha value is -2.86. The van der Waals surface area contributed by atoms with Crippen molar-refractivity contribution in [2.45, 2.75) is 92.4 Å². The Morgan fingerprint density at radius 3 is 1.19 bits per heavy atom. The van der Waals surface area contributed by atoms with Crippen molar-refractivity contribution in [2.75, 3.05) is 0 Å². The van der Waals surface area contributed by atoms with E-state index in [0.29, 0.717) is 51.9 Å². The van der Waals surface area contributed by atoms with E-state index in [1.165, 1.54) is 18.3 Å². The minimum atomic E-state index is -0.591. The van der Waals surface area contributed by atoms with Gasteiger partial charge in [-0.3, -0.25) is 37.4 Å². The second-order valence-electron chi connectivity index (χ2n) is 8.31. The van der Waals surface area contributed by atoms with Crippen LogP contribution < -0.4 is 11.1 Å². The molecular formula is C24H34N4O6S2. The third-order valence-corrected chi connectivity index (χ3v) is 7.06. The SMILES string of the molecule is CCn1c(O)c(C(=O)CCCCCCC(=O)c2c(O)n(CC)c(=S)n(CC)c2=O)c(=O)n(CC)c1=S. The summed E-state index contributed by atoms with van der Waals surface area (Å²) in [5.74, 6) is -1.71. The lowest BCUT2D eigenvalue weighted by molar-refractivity contribution is 0.0958. The summed E-state index contributed by atoms with van der Waals surface area (Å²) in [5.41, 5.74) is -1.68. The smallest absolute Gasteiger partial charge is 0.269 e. The number of ketones is 2. The second kappa shape index (κ2) is 12.9. The molecule has 0 aromatic carbocycles. The largest absolute Gasteiger partial charge is 0.494 e. The first-order valence-corrected chi connectivity index (χ1v) is 13.1. The lowest BCUT2D eigenvalue weighted by Crippen LogP contribution is -2.30. The average molecular weight is 539 g/mol.